The van der Waals surface area contributed by atoms with Gasteiger partial charge in [-0.05, 0) is 86.7 Å². The minimum Gasteiger partial charge on any atom is -0.493 e. The summed E-state index contributed by atoms with van der Waals surface area (Å²) in [4.78, 5) is 19.1. The molecule has 1 unspecified atom stereocenters. The van der Waals surface area contributed by atoms with Gasteiger partial charge in [0, 0.05) is 17.0 Å². The van der Waals surface area contributed by atoms with Gasteiger partial charge in [0.15, 0.2) is 17.3 Å². The van der Waals surface area contributed by atoms with Crippen LogP contribution in [0.1, 0.15) is 63.0 Å². The van der Waals surface area contributed by atoms with Crippen LogP contribution in [0.25, 0.3) is 10.9 Å². The number of aromatic nitrogens is 5. The lowest BCUT2D eigenvalue weighted by Gasteiger charge is -2.38. The van der Waals surface area contributed by atoms with Crippen molar-refractivity contribution in [3.8, 4) is 11.5 Å². The van der Waals surface area contributed by atoms with Gasteiger partial charge < -0.3 is 14.5 Å². The molecule has 39 heavy (non-hydrogen) atoms. The SMILES string of the molecule is CCC(C)(C)n1nnnc1C(c1cc2cc(OC)c(OC)cc2[nH]c1=O)N1CCC(Cc2ccccc2)CC1. The highest BCUT2D eigenvalue weighted by molar-refractivity contribution is 5.83. The predicted octanol–water partition coefficient (Wildman–Crippen LogP) is 4.72. The largest absolute Gasteiger partial charge is 0.493 e. The van der Waals surface area contributed by atoms with E-state index in [1.807, 2.05) is 16.8 Å². The van der Waals surface area contributed by atoms with Gasteiger partial charge in [0.2, 0.25) is 0 Å². The fourth-order valence-corrected chi connectivity index (χ4v) is 5.56. The van der Waals surface area contributed by atoms with E-state index in [9.17, 15) is 4.79 Å². The quantitative estimate of drug-likeness (QED) is 0.334. The van der Waals surface area contributed by atoms with Crippen LogP contribution in [0, 0.1) is 5.92 Å². The molecular weight excluding hydrogens is 492 g/mol. The van der Waals surface area contributed by atoms with Crippen molar-refractivity contribution in [2.24, 2.45) is 5.92 Å². The lowest BCUT2D eigenvalue weighted by molar-refractivity contribution is 0.137. The van der Waals surface area contributed by atoms with Crippen LogP contribution in [0.15, 0.2) is 53.3 Å². The van der Waals surface area contributed by atoms with E-state index in [0.717, 1.165) is 44.2 Å². The molecule has 2 aromatic carbocycles. The Bertz CT molecular complexity index is 1470. The van der Waals surface area contributed by atoms with Gasteiger partial charge in [-0.2, -0.15) is 0 Å². The minimum absolute atomic E-state index is 0.157. The average molecular weight is 531 g/mol. The number of hydrogen-bond acceptors (Lipinski definition) is 7. The van der Waals surface area contributed by atoms with E-state index < -0.39 is 0 Å². The first-order chi connectivity index (χ1) is 18.8. The molecule has 2 aromatic heterocycles. The number of aromatic amines is 1. The number of hydrogen-bond donors (Lipinski definition) is 1. The second-order valence-electron chi connectivity index (χ2n) is 11.0. The van der Waals surface area contributed by atoms with Gasteiger partial charge >= 0.3 is 0 Å². The smallest absolute Gasteiger partial charge is 0.253 e. The van der Waals surface area contributed by atoms with Crippen molar-refractivity contribution in [1.29, 1.82) is 0 Å². The van der Waals surface area contributed by atoms with Crippen molar-refractivity contribution in [3.05, 3.63) is 75.8 Å². The lowest BCUT2D eigenvalue weighted by atomic mass is 9.88. The third-order valence-electron chi connectivity index (χ3n) is 8.23. The van der Waals surface area contributed by atoms with E-state index in [1.54, 1.807) is 20.3 Å². The van der Waals surface area contributed by atoms with Gasteiger partial charge in [0.25, 0.3) is 5.56 Å². The predicted molar refractivity (Wildman–Crippen MR) is 151 cm³/mol. The molecule has 0 aliphatic carbocycles. The normalized spacial score (nSPS) is 15.9. The van der Waals surface area contributed by atoms with Crippen molar-refractivity contribution in [3.63, 3.8) is 0 Å². The molecule has 4 aromatic rings. The molecule has 5 rings (SSSR count). The van der Waals surface area contributed by atoms with E-state index in [0.29, 0.717) is 34.3 Å². The molecule has 1 saturated heterocycles. The molecule has 0 bridgehead atoms. The Labute approximate surface area is 229 Å². The topological polar surface area (TPSA) is 98.2 Å². The van der Waals surface area contributed by atoms with Crippen molar-refractivity contribution >= 4 is 10.9 Å². The fraction of sp³-hybridized carbons (Fsp3) is 0.467. The average Bonchev–Trinajstić information content (AvgIpc) is 3.45. The first-order valence-electron chi connectivity index (χ1n) is 13.7. The maximum Gasteiger partial charge on any atom is 0.253 e. The Hall–Kier alpha value is -3.72. The number of piperidine rings is 1. The third-order valence-corrected chi connectivity index (χ3v) is 8.23. The highest BCUT2D eigenvalue weighted by atomic mass is 16.5. The Morgan fingerprint density at radius 3 is 2.41 bits per heavy atom. The summed E-state index contributed by atoms with van der Waals surface area (Å²) >= 11 is 0. The van der Waals surface area contributed by atoms with Crippen LogP contribution in [-0.4, -0.2) is 57.4 Å². The number of fused-ring (bicyclic) bond motifs is 1. The van der Waals surface area contributed by atoms with E-state index in [2.05, 4.69) is 76.5 Å². The van der Waals surface area contributed by atoms with Gasteiger partial charge in [-0.15, -0.1) is 5.10 Å². The maximum absolute atomic E-state index is 13.7. The highest BCUT2D eigenvalue weighted by Gasteiger charge is 2.36. The molecule has 9 nitrogen and oxygen atoms in total. The summed E-state index contributed by atoms with van der Waals surface area (Å²) in [7, 11) is 3.20. The minimum atomic E-state index is -0.384. The fourth-order valence-electron chi connectivity index (χ4n) is 5.56. The summed E-state index contributed by atoms with van der Waals surface area (Å²) in [6, 6.07) is 15.9. The number of tetrazole rings is 1. The Morgan fingerprint density at radius 2 is 1.74 bits per heavy atom. The third kappa shape index (κ3) is 5.41. The summed E-state index contributed by atoms with van der Waals surface area (Å²) in [5, 5.41) is 13.8. The molecule has 1 N–H and O–H groups in total. The van der Waals surface area contributed by atoms with Crippen LogP contribution in [0.4, 0.5) is 0 Å². The van der Waals surface area contributed by atoms with Gasteiger partial charge in [-0.1, -0.05) is 37.3 Å². The van der Waals surface area contributed by atoms with Crippen molar-refractivity contribution in [1.82, 2.24) is 30.1 Å². The van der Waals surface area contributed by atoms with Crippen molar-refractivity contribution < 1.29 is 9.47 Å². The molecule has 9 heteroatoms. The van der Waals surface area contributed by atoms with E-state index in [4.69, 9.17) is 9.47 Å². The first-order valence-corrected chi connectivity index (χ1v) is 13.7. The van der Waals surface area contributed by atoms with Gasteiger partial charge in [-0.25, -0.2) is 4.68 Å². The highest BCUT2D eigenvalue weighted by Crippen LogP contribution is 2.36. The summed E-state index contributed by atoms with van der Waals surface area (Å²) in [5.41, 5.74) is 2.23. The molecule has 1 fully saturated rings. The van der Waals surface area contributed by atoms with Crippen LogP contribution in [0.5, 0.6) is 11.5 Å². The van der Waals surface area contributed by atoms with E-state index in [1.165, 1.54) is 5.56 Å². The van der Waals surface area contributed by atoms with Crippen molar-refractivity contribution in [2.45, 2.75) is 58.0 Å². The number of H-pyrrole nitrogens is 1. The van der Waals surface area contributed by atoms with Crippen LogP contribution in [-0.2, 0) is 12.0 Å². The number of pyridine rings is 1. The van der Waals surface area contributed by atoms with E-state index in [-0.39, 0.29) is 17.1 Å². The Morgan fingerprint density at radius 1 is 1.05 bits per heavy atom. The molecule has 1 atom stereocenters. The van der Waals surface area contributed by atoms with Gasteiger partial charge in [0.05, 0.1) is 25.3 Å². The van der Waals surface area contributed by atoms with E-state index >= 15 is 0 Å². The Balaban J connectivity index is 1.55. The number of benzene rings is 2. The molecule has 0 spiro atoms. The number of methoxy groups -OCH3 is 2. The summed E-state index contributed by atoms with van der Waals surface area (Å²) in [6.45, 7) is 8.07. The monoisotopic (exact) mass is 530 g/mol. The van der Waals surface area contributed by atoms with Crippen LogP contribution >= 0.6 is 0 Å². The molecule has 0 saturated carbocycles. The van der Waals surface area contributed by atoms with Gasteiger partial charge in [-0.3, -0.25) is 9.69 Å². The van der Waals surface area contributed by atoms with Crippen LogP contribution in [0.3, 0.4) is 0 Å². The summed E-state index contributed by atoms with van der Waals surface area (Å²) in [6.07, 6.45) is 4.00. The zero-order chi connectivity index (χ0) is 27.6. The number of nitrogens with one attached hydrogen (secondary N) is 1. The second-order valence-corrected chi connectivity index (χ2v) is 11.0. The van der Waals surface area contributed by atoms with Crippen LogP contribution < -0.4 is 15.0 Å². The number of likely N-dealkylation sites (tertiary alicyclic amines) is 1. The summed E-state index contributed by atoms with van der Waals surface area (Å²) in [5.74, 6) is 2.46. The molecule has 0 amide bonds. The zero-order valence-electron chi connectivity index (χ0n) is 23.5. The van der Waals surface area contributed by atoms with Crippen LogP contribution in [0.2, 0.25) is 0 Å². The van der Waals surface area contributed by atoms with Crippen molar-refractivity contribution in [2.75, 3.05) is 27.3 Å². The molecular formula is C30H38N6O3. The standard InChI is InChI=1S/C30H38N6O3/c1-6-30(2,3)36-28(32-33-34-36)27(35-14-12-21(13-15-35)16-20-10-8-7-9-11-20)23-17-22-18-25(38-4)26(39-5)19-24(22)31-29(23)37/h7-11,17-19,21,27H,6,12-16H2,1-5H3,(H,31,37). The molecule has 3 heterocycles. The molecule has 1 aliphatic rings. The summed E-state index contributed by atoms with van der Waals surface area (Å²) < 4.78 is 12.9. The second kappa shape index (κ2) is 11.2. The maximum atomic E-state index is 13.7. The zero-order valence-corrected chi connectivity index (χ0v) is 23.5. The lowest BCUT2D eigenvalue weighted by Crippen LogP contribution is -2.42. The van der Waals surface area contributed by atoms with Gasteiger partial charge in [0.1, 0.15) is 6.04 Å². The number of rotatable bonds is 9. The first kappa shape index (κ1) is 26.9. The number of nitrogens with zero attached hydrogens (tertiary/aromatic N) is 5. The number of ether oxygens (including phenoxy) is 2. The molecule has 0 radical (unpaired) electrons. The molecule has 206 valence electrons. The Kier molecular flexibility index (Phi) is 7.70. The molecule has 1 aliphatic heterocycles.